The van der Waals surface area contributed by atoms with Gasteiger partial charge < -0.3 is 20.3 Å². The highest BCUT2D eigenvalue weighted by Gasteiger charge is 2.19. The maximum atomic E-state index is 11.8. The summed E-state index contributed by atoms with van der Waals surface area (Å²) in [6.45, 7) is 2.97. The zero-order chi connectivity index (χ0) is 13.0. The number of rotatable bonds is 4. The number of carbonyl (C=O) groups excluding carboxylic acids is 1. The summed E-state index contributed by atoms with van der Waals surface area (Å²) in [5, 5.41) is 14.3. The first-order valence-electron chi connectivity index (χ1n) is 5.78. The average molecular weight is 271 g/mol. The molecule has 0 spiro atoms. The fourth-order valence-corrected chi connectivity index (χ4v) is 2.30. The Morgan fingerprint density at radius 3 is 3.11 bits per heavy atom. The molecule has 18 heavy (non-hydrogen) atoms. The molecule has 8 heteroatoms. The molecule has 2 N–H and O–H groups in total. The molecule has 1 aliphatic heterocycles. The van der Waals surface area contributed by atoms with Gasteiger partial charge >= 0.3 is 0 Å². The number of nitrogens with one attached hydrogen (secondary N) is 2. The first kappa shape index (κ1) is 13.2. The van der Waals surface area contributed by atoms with Crippen molar-refractivity contribution in [2.45, 2.75) is 6.10 Å². The van der Waals surface area contributed by atoms with Crippen LogP contribution in [-0.4, -0.2) is 67.4 Å². The van der Waals surface area contributed by atoms with Gasteiger partial charge in [0.2, 0.25) is 10.1 Å². The predicted molar refractivity (Wildman–Crippen MR) is 69.0 cm³/mol. The lowest BCUT2D eigenvalue weighted by atomic mass is 10.3. The van der Waals surface area contributed by atoms with E-state index < -0.39 is 0 Å². The fraction of sp³-hybridized carbons (Fsp3) is 0.700. The second-order valence-electron chi connectivity index (χ2n) is 4.13. The third kappa shape index (κ3) is 3.37. The van der Waals surface area contributed by atoms with Gasteiger partial charge in [0, 0.05) is 26.7 Å². The van der Waals surface area contributed by atoms with Gasteiger partial charge in [-0.15, -0.1) is 10.2 Å². The first-order valence-corrected chi connectivity index (χ1v) is 6.60. The summed E-state index contributed by atoms with van der Waals surface area (Å²) in [5.41, 5.74) is 0. The number of aromatic nitrogens is 2. The summed E-state index contributed by atoms with van der Waals surface area (Å²) in [5.74, 6) is -0.203. The van der Waals surface area contributed by atoms with Crippen molar-refractivity contribution < 1.29 is 9.53 Å². The molecule has 0 saturated carbocycles. The van der Waals surface area contributed by atoms with Gasteiger partial charge in [0.1, 0.15) is 0 Å². The Morgan fingerprint density at radius 1 is 1.61 bits per heavy atom. The minimum atomic E-state index is -0.203. The van der Waals surface area contributed by atoms with Gasteiger partial charge in [0.15, 0.2) is 0 Å². The maximum absolute atomic E-state index is 11.8. The predicted octanol–water partition coefficient (Wildman–Crippen LogP) is -0.360. The second kappa shape index (κ2) is 6.07. The van der Waals surface area contributed by atoms with Gasteiger partial charge in [-0.2, -0.15) is 0 Å². The van der Waals surface area contributed by atoms with Crippen molar-refractivity contribution >= 4 is 22.4 Å². The molecule has 1 saturated heterocycles. The van der Waals surface area contributed by atoms with Crippen molar-refractivity contribution in [1.29, 1.82) is 0 Å². The molecule has 0 bridgehead atoms. The van der Waals surface area contributed by atoms with E-state index >= 15 is 0 Å². The van der Waals surface area contributed by atoms with Gasteiger partial charge in [0.25, 0.3) is 5.91 Å². The van der Waals surface area contributed by atoms with Gasteiger partial charge in [0.05, 0.1) is 12.7 Å². The standard InChI is InChI=1S/C10H17N5O2S/c1-11-10-14-13-9(18-10)8(16)12-5-7-6-15(2)3-4-17-7/h7H,3-6H2,1-2H3,(H,11,14)(H,12,16). The molecule has 0 radical (unpaired) electrons. The highest BCUT2D eigenvalue weighted by Crippen LogP contribution is 2.13. The van der Waals surface area contributed by atoms with Crippen LogP contribution in [0.25, 0.3) is 0 Å². The molecule has 0 aromatic carbocycles. The molecule has 1 aliphatic rings. The number of likely N-dealkylation sites (N-methyl/N-ethyl adjacent to an activating group) is 1. The van der Waals surface area contributed by atoms with E-state index in [-0.39, 0.29) is 12.0 Å². The Bertz CT molecular complexity index is 411. The molecule has 1 aromatic heterocycles. The Kier molecular flexibility index (Phi) is 4.45. The normalized spacial score (nSPS) is 20.7. The smallest absolute Gasteiger partial charge is 0.282 e. The molecular weight excluding hydrogens is 254 g/mol. The van der Waals surface area contributed by atoms with E-state index in [1.807, 2.05) is 7.05 Å². The quantitative estimate of drug-likeness (QED) is 0.778. The van der Waals surface area contributed by atoms with Crippen LogP contribution in [0.3, 0.4) is 0 Å². The number of amides is 1. The first-order chi connectivity index (χ1) is 8.69. The van der Waals surface area contributed by atoms with Crippen LogP contribution in [0.15, 0.2) is 0 Å². The van der Waals surface area contributed by atoms with E-state index in [0.29, 0.717) is 23.3 Å². The lowest BCUT2D eigenvalue weighted by molar-refractivity contribution is -0.0175. The minimum absolute atomic E-state index is 0.0457. The lowest BCUT2D eigenvalue weighted by Gasteiger charge is -2.29. The van der Waals surface area contributed by atoms with Crippen LogP contribution in [0.2, 0.25) is 0 Å². The molecule has 2 heterocycles. The molecule has 7 nitrogen and oxygen atoms in total. The Labute approximate surface area is 110 Å². The Balaban J connectivity index is 1.80. The van der Waals surface area contributed by atoms with Crippen molar-refractivity contribution in [3.05, 3.63) is 5.01 Å². The number of morpholine rings is 1. The van der Waals surface area contributed by atoms with Crippen molar-refractivity contribution in [3.63, 3.8) is 0 Å². The van der Waals surface area contributed by atoms with Gasteiger partial charge in [-0.3, -0.25) is 4.79 Å². The van der Waals surface area contributed by atoms with Crippen LogP contribution in [-0.2, 0) is 4.74 Å². The largest absolute Gasteiger partial charge is 0.374 e. The zero-order valence-corrected chi connectivity index (χ0v) is 11.3. The topological polar surface area (TPSA) is 79.4 Å². The zero-order valence-electron chi connectivity index (χ0n) is 10.5. The summed E-state index contributed by atoms with van der Waals surface area (Å²) in [4.78, 5) is 14.0. The molecule has 1 atom stereocenters. The van der Waals surface area contributed by atoms with E-state index in [4.69, 9.17) is 4.74 Å². The van der Waals surface area contributed by atoms with Crippen molar-refractivity contribution in [3.8, 4) is 0 Å². The highest BCUT2D eigenvalue weighted by atomic mass is 32.1. The van der Waals surface area contributed by atoms with Gasteiger partial charge in [-0.25, -0.2) is 0 Å². The van der Waals surface area contributed by atoms with E-state index in [1.165, 1.54) is 11.3 Å². The molecule has 1 fully saturated rings. The highest BCUT2D eigenvalue weighted by molar-refractivity contribution is 7.17. The van der Waals surface area contributed by atoms with Crippen molar-refractivity contribution in [1.82, 2.24) is 20.4 Å². The Hall–Kier alpha value is -1.25. The van der Waals surface area contributed by atoms with Crippen LogP contribution >= 0.6 is 11.3 Å². The van der Waals surface area contributed by atoms with E-state index in [9.17, 15) is 4.79 Å². The monoisotopic (exact) mass is 271 g/mol. The van der Waals surface area contributed by atoms with Crippen LogP contribution in [0.1, 0.15) is 9.80 Å². The lowest BCUT2D eigenvalue weighted by Crippen LogP contribution is -2.45. The fourth-order valence-electron chi connectivity index (χ4n) is 1.69. The Morgan fingerprint density at radius 2 is 2.44 bits per heavy atom. The number of anilines is 1. The summed E-state index contributed by atoms with van der Waals surface area (Å²) >= 11 is 1.23. The molecule has 1 amide bonds. The third-order valence-electron chi connectivity index (χ3n) is 2.67. The summed E-state index contributed by atoms with van der Waals surface area (Å²) in [6, 6.07) is 0. The van der Waals surface area contributed by atoms with Crippen LogP contribution in [0, 0.1) is 0 Å². The van der Waals surface area contributed by atoms with E-state index in [2.05, 4.69) is 25.7 Å². The number of hydrogen-bond donors (Lipinski definition) is 2. The molecular formula is C10H17N5O2S. The van der Waals surface area contributed by atoms with Crippen LogP contribution in [0.5, 0.6) is 0 Å². The number of ether oxygens (including phenoxy) is 1. The number of carbonyl (C=O) groups is 1. The summed E-state index contributed by atoms with van der Waals surface area (Å²) in [6.07, 6.45) is 0.0457. The summed E-state index contributed by atoms with van der Waals surface area (Å²) in [7, 11) is 3.79. The van der Waals surface area contributed by atoms with Gasteiger partial charge in [-0.1, -0.05) is 11.3 Å². The number of hydrogen-bond acceptors (Lipinski definition) is 7. The maximum Gasteiger partial charge on any atom is 0.282 e. The number of nitrogens with zero attached hydrogens (tertiary/aromatic N) is 3. The molecule has 1 aromatic rings. The molecule has 2 rings (SSSR count). The molecule has 0 aliphatic carbocycles. The SMILES string of the molecule is CNc1nnc(C(=O)NCC2CN(C)CCO2)s1. The van der Waals surface area contributed by atoms with Crippen LogP contribution < -0.4 is 10.6 Å². The van der Waals surface area contributed by atoms with Crippen molar-refractivity contribution in [2.24, 2.45) is 0 Å². The second-order valence-corrected chi connectivity index (χ2v) is 5.10. The van der Waals surface area contributed by atoms with E-state index in [0.717, 1.165) is 13.1 Å². The minimum Gasteiger partial charge on any atom is -0.374 e. The average Bonchev–Trinajstić information content (AvgIpc) is 2.85. The third-order valence-corrected chi connectivity index (χ3v) is 3.60. The van der Waals surface area contributed by atoms with Crippen molar-refractivity contribution in [2.75, 3.05) is 45.7 Å². The molecule has 1 unspecified atom stereocenters. The van der Waals surface area contributed by atoms with Gasteiger partial charge in [-0.05, 0) is 7.05 Å². The van der Waals surface area contributed by atoms with E-state index in [1.54, 1.807) is 7.05 Å². The van der Waals surface area contributed by atoms with Crippen LogP contribution in [0.4, 0.5) is 5.13 Å². The molecule has 100 valence electrons. The summed E-state index contributed by atoms with van der Waals surface area (Å²) < 4.78 is 5.56.